The Balaban J connectivity index is 1.44. The van der Waals surface area contributed by atoms with Crippen molar-refractivity contribution in [3.8, 4) is 22.6 Å². The summed E-state index contributed by atoms with van der Waals surface area (Å²) in [6, 6.07) is 46.4. The molecule has 0 spiro atoms. The average molecular weight is 490 g/mol. The number of ketones is 1. The summed E-state index contributed by atoms with van der Waals surface area (Å²) in [7, 11) is 0. The molecule has 6 aromatic carbocycles. The number of nitrogens with zero attached hydrogens (tertiary/aromatic N) is 1. The van der Waals surface area contributed by atoms with Gasteiger partial charge in [-0.3, -0.25) is 4.79 Å². The van der Waals surface area contributed by atoms with Crippen molar-refractivity contribution < 1.29 is 9.53 Å². The predicted octanol–water partition coefficient (Wildman–Crippen LogP) is 9.31. The van der Waals surface area contributed by atoms with Crippen molar-refractivity contribution in [3.63, 3.8) is 0 Å². The molecule has 0 aromatic heterocycles. The van der Waals surface area contributed by atoms with E-state index < -0.39 is 0 Å². The normalized spacial score (nSPS) is 11.9. The van der Waals surface area contributed by atoms with Crippen LogP contribution in [0.25, 0.3) is 21.9 Å². The molecule has 0 amide bonds. The zero-order chi connectivity index (χ0) is 25.5. The van der Waals surface area contributed by atoms with Crippen LogP contribution in [0.5, 0.6) is 11.5 Å². The molecule has 180 valence electrons. The van der Waals surface area contributed by atoms with Crippen molar-refractivity contribution >= 4 is 33.6 Å². The molecule has 1 heterocycles. The molecule has 0 fully saturated rings. The summed E-state index contributed by atoms with van der Waals surface area (Å²) in [5.74, 6) is 1.65. The van der Waals surface area contributed by atoms with Gasteiger partial charge in [-0.25, -0.2) is 0 Å². The van der Waals surface area contributed by atoms with Gasteiger partial charge in [-0.2, -0.15) is 0 Å². The molecule has 38 heavy (non-hydrogen) atoms. The molecule has 7 rings (SSSR count). The Morgan fingerprint density at radius 1 is 0.526 bits per heavy atom. The first-order valence-electron chi connectivity index (χ1n) is 12.7. The van der Waals surface area contributed by atoms with E-state index >= 15 is 0 Å². The van der Waals surface area contributed by atoms with Crippen molar-refractivity contribution in [1.82, 2.24) is 0 Å². The zero-order valence-corrected chi connectivity index (χ0v) is 20.5. The molecular weight excluding hydrogens is 466 g/mol. The van der Waals surface area contributed by atoms with Crippen LogP contribution >= 0.6 is 0 Å². The Bertz CT molecular complexity index is 1770. The summed E-state index contributed by atoms with van der Waals surface area (Å²) in [5.41, 5.74) is 6.46. The minimum absolute atomic E-state index is 0.0175. The third kappa shape index (κ3) is 3.64. The number of hydrogen-bond acceptors (Lipinski definition) is 3. The van der Waals surface area contributed by atoms with Gasteiger partial charge in [-0.1, -0.05) is 103 Å². The maximum atomic E-state index is 13.3. The van der Waals surface area contributed by atoms with Crippen LogP contribution in [0, 0.1) is 0 Å². The fraction of sp³-hybridized carbons (Fsp3) is 0. The van der Waals surface area contributed by atoms with Gasteiger partial charge in [0.2, 0.25) is 0 Å². The van der Waals surface area contributed by atoms with E-state index in [1.165, 1.54) is 0 Å². The zero-order valence-electron chi connectivity index (χ0n) is 20.5. The highest BCUT2D eigenvalue weighted by atomic mass is 16.5. The fourth-order valence-corrected chi connectivity index (χ4v) is 5.30. The van der Waals surface area contributed by atoms with Gasteiger partial charge >= 0.3 is 0 Å². The molecule has 0 saturated carbocycles. The van der Waals surface area contributed by atoms with Crippen molar-refractivity contribution in [1.29, 1.82) is 0 Å². The second kappa shape index (κ2) is 9.06. The summed E-state index contributed by atoms with van der Waals surface area (Å²) in [5, 5.41) is 2.24. The molecule has 6 aromatic rings. The van der Waals surface area contributed by atoms with Crippen LogP contribution in [0.3, 0.4) is 0 Å². The fourth-order valence-electron chi connectivity index (χ4n) is 5.30. The van der Waals surface area contributed by atoms with Crippen molar-refractivity contribution in [2.75, 3.05) is 4.90 Å². The minimum Gasteiger partial charge on any atom is -0.453 e. The third-order valence-electron chi connectivity index (χ3n) is 7.03. The highest BCUT2D eigenvalue weighted by Crippen LogP contribution is 2.52. The predicted molar refractivity (Wildman–Crippen MR) is 154 cm³/mol. The van der Waals surface area contributed by atoms with Crippen LogP contribution in [0.1, 0.15) is 15.9 Å². The Morgan fingerprint density at radius 2 is 1.11 bits per heavy atom. The van der Waals surface area contributed by atoms with Gasteiger partial charge in [-0.05, 0) is 52.9 Å². The summed E-state index contributed by atoms with van der Waals surface area (Å²) in [4.78, 5) is 15.5. The number of rotatable bonds is 4. The lowest BCUT2D eigenvalue weighted by Crippen LogP contribution is -2.16. The first kappa shape index (κ1) is 22.1. The van der Waals surface area contributed by atoms with Crippen LogP contribution < -0.4 is 9.64 Å². The smallest absolute Gasteiger partial charge is 0.193 e. The van der Waals surface area contributed by atoms with E-state index in [0.717, 1.165) is 50.5 Å². The molecule has 3 heteroatoms. The maximum Gasteiger partial charge on any atom is 0.193 e. The lowest BCUT2D eigenvalue weighted by atomic mass is 9.93. The van der Waals surface area contributed by atoms with E-state index in [0.29, 0.717) is 11.1 Å². The van der Waals surface area contributed by atoms with Crippen molar-refractivity contribution in [3.05, 3.63) is 151 Å². The van der Waals surface area contributed by atoms with E-state index in [-0.39, 0.29) is 5.78 Å². The Morgan fingerprint density at radius 3 is 1.84 bits per heavy atom. The molecule has 0 N–H and O–H groups in total. The SMILES string of the molecule is O=C(c1ccccc1)c1cccc(-c2cccc3cccc(N4c5ccccc5Oc5ccccc54)c23)c1. The Labute approximate surface area is 221 Å². The quantitative estimate of drug-likeness (QED) is 0.231. The Kier molecular flexibility index (Phi) is 5.26. The second-order valence-corrected chi connectivity index (χ2v) is 9.33. The van der Waals surface area contributed by atoms with E-state index in [9.17, 15) is 4.79 Å². The van der Waals surface area contributed by atoms with Gasteiger partial charge in [0.1, 0.15) is 0 Å². The first-order valence-corrected chi connectivity index (χ1v) is 12.7. The third-order valence-corrected chi connectivity index (χ3v) is 7.03. The van der Waals surface area contributed by atoms with Gasteiger partial charge in [0, 0.05) is 16.5 Å². The lowest BCUT2D eigenvalue weighted by molar-refractivity contribution is 0.103. The molecule has 0 aliphatic carbocycles. The van der Waals surface area contributed by atoms with Crippen LogP contribution in [-0.4, -0.2) is 5.78 Å². The lowest BCUT2D eigenvalue weighted by Gasteiger charge is -2.33. The van der Waals surface area contributed by atoms with Gasteiger partial charge in [0.05, 0.1) is 17.1 Å². The van der Waals surface area contributed by atoms with Crippen LogP contribution in [0.4, 0.5) is 17.1 Å². The van der Waals surface area contributed by atoms with Crippen LogP contribution in [0.15, 0.2) is 140 Å². The number of hydrogen-bond donors (Lipinski definition) is 0. The minimum atomic E-state index is 0.0175. The number of carbonyl (C=O) groups excluding carboxylic acids is 1. The first-order chi connectivity index (χ1) is 18.8. The summed E-state index contributed by atoms with van der Waals surface area (Å²) >= 11 is 0. The number of benzene rings is 6. The van der Waals surface area contributed by atoms with Crippen molar-refractivity contribution in [2.45, 2.75) is 0 Å². The number of carbonyl (C=O) groups is 1. The second-order valence-electron chi connectivity index (χ2n) is 9.33. The topological polar surface area (TPSA) is 29.5 Å². The maximum absolute atomic E-state index is 13.3. The van der Waals surface area contributed by atoms with Gasteiger partial charge in [0.15, 0.2) is 17.3 Å². The van der Waals surface area contributed by atoms with Crippen LogP contribution in [-0.2, 0) is 0 Å². The number of fused-ring (bicyclic) bond motifs is 3. The molecule has 0 atom stereocenters. The molecule has 0 bridgehead atoms. The molecule has 0 radical (unpaired) electrons. The largest absolute Gasteiger partial charge is 0.453 e. The molecule has 3 nitrogen and oxygen atoms in total. The van der Waals surface area contributed by atoms with Crippen molar-refractivity contribution in [2.24, 2.45) is 0 Å². The highest BCUT2D eigenvalue weighted by Gasteiger charge is 2.27. The number of anilines is 3. The van der Waals surface area contributed by atoms with E-state index in [4.69, 9.17) is 4.74 Å². The highest BCUT2D eigenvalue weighted by molar-refractivity contribution is 6.11. The van der Waals surface area contributed by atoms with Crippen LogP contribution in [0.2, 0.25) is 0 Å². The van der Waals surface area contributed by atoms with Gasteiger partial charge < -0.3 is 9.64 Å². The Hall–Kier alpha value is -5.15. The van der Waals surface area contributed by atoms with E-state index in [2.05, 4.69) is 59.5 Å². The summed E-state index contributed by atoms with van der Waals surface area (Å²) in [6.07, 6.45) is 0. The monoisotopic (exact) mass is 489 g/mol. The molecule has 0 unspecified atom stereocenters. The van der Waals surface area contributed by atoms with Gasteiger partial charge in [-0.15, -0.1) is 0 Å². The number of para-hydroxylation sites is 4. The summed E-state index contributed by atoms with van der Waals surface area (Å²) < 4.78 is 6.26. The van der Waals surface area contributed by atoms with E-state index in [1.807, 2.05) is 84.9 Å². The van der Waals surface area contributed by atoms with Gasteiger partial charge in [0.25, 0.3) is 0 Å². The average Bonchev–Trinajstić information content (AvgIpc) is 2.99. The summed E-state index contributed by atoms with van der Waals surface area (Å²) in [6.45, 7) is 0. The standard InChI is InChI=1S/C35H23NO2/c37-35(25-11-2-1-3-12-25)27-16-8-15-26(23-27)28-17-9-13-24-14-10-20-31(34(24)28)36-29-18-4-6-21-32(29)38-33-22-7-5-19-30(33)36/h1-23H. The number of ether oxygens (including phenoxy) is 1. The van der Waals surface area contributed by atoms with E-state index in [1.54, 1.807) is 0 Å². The molecular formula is C35H23NO2. The molecule has 0 saturated heterocycles. The molecule has 1 aliphatic heterocycles. The molecule has 1 aliphatic rings.